The smallest absolute Gasteiger partial charge is 0.305 e. The van der Waals surface area contributed by atoms with Crippen LogP contribution in [0.4, 0.5) is 0 Å². The lowest BCUT2D eigenvalue weighted by atomic mass is 10.2. The molecule has 17 heavy (non-hydrogen) atoms. The molecule has 1 aliphatic rings. The second-order valence-corrected chi connectivity index (χ2v) is 4.81. The van der Waals surface area contributed by atoms with Crippen molar-refractivity contribution in [2.24, 2.45) is 0 Å². The number of amides is 1. The first-order chi connectivity index (χ1) is 8.18. The maximum absolute atomic E-state index is 12.0. The second-order valence-electron chi connectivity index (χ2n) is 3.66. The van der Waals surface area contributed by atoms with Crippen LogP contribution < -0.4 is 0 Å². The van der Waals surface area contributed by atoms with Crippen LogP contribution in [0.3, 0.4) is 0 Å². The highest BCUT2D eigenvalue weighted by atomic mass is 32.2. The summed E-state index contributed by atoms with van der Waals surface area (Å²) in [5.74, 6) is 0.441. The minimum absolute atomic E-state index is 0.0348. The zero-order valence-corrected chi connectivity index (χ0v) is 9.81. The number of H-pyrrole nitrogens is 1. The predicted octanol–water partition coefficient (Wildman–Crippen LogP) is -0.163. The monoisotopic (exact) mass is 256 g/mol. The molecule has 0 aromatic carbocycles. The third-order valence-corrected chi connectivity index (χ3v) is 3.61. The van der Waals surface area contributed by atoms with Gasteiger partial charge in [-0.25, -0.2) is 4.98 Å². The Balaban J connectivity index is 2.10. The predicted molar refractivity (Wildman–Crippen MR) is 60.8 cm³/mol. The van der Waals surface area contributed by atoms with Crippen LogP contribution >= 0.6 is 11.8 Å². The second kappa shape index (κ2) is 5.17. The summed E-state index contributed by atoms with van der Waals surface area (Å²) in [6.45, 7) is 0.544. The third-order valence-electron chi connectivity index (χ3n) is 2.52. The van der Waals surface area contributed by atoms with Crippen molar-refractivity contribution in [3.63, 3.8) is 0 Å². The Hall–Kier alpha value is -1.57. The molecule has 1 aromatic rings. The molecular weight excluding hydrogens is 244 g/mol. The number of thioether (sulfide) groups is 1. The standard InChI is InChI=1S/C9H12N4O3S/c14-7(15)3-6-4-17-2-1-13(6)9(16)8-10-5-11-12-8/h5-6H,1-4H2,(H,14,15)(H,10,11,12). The molecular formula is C9H12N4O3S. The summed E-state index contributed by atoms with van der Waals surface area (Å²) < 4.78 is 0. The van der Waals surface area contributed by atoms with E-state index in [-0.39, 0.29) is 24.2 Å². The van der Waals surface area contributed by atoms with Crippen LogP contribution in [0, 0.1) is 0 Å². The normalized spacial score (nSPS) is 20.2. The zero-order valence-electron chi connectivity index (χ0n) is 9.00. The summed E-state index contributed by atoms with van der Waals surface area (Å²) in [4.78, 5) is 28.1. The Morgan fingerprint density at radius 1 is 1.65 bits per heavy atom. The van der Waals surface area contributed by atoms with Crippen LogP contribution in [0.5, 0.6) is 0 Å². The summed E-state index contributed by atoms with van der Waals surface area (Å²) in [6.07, 6.45) is 1.23. The highest BCUT2D eigenvalue weighted by Gasteiger charge is 2.30. The Kier molecular flexibility index (Phi) is 3.62. The highest BCUT2D eigenvalue weighted by molar-refractivity contribution is 7.99. The van der Waals surface area contributed by atoms with Crippen molar-refractivity contribution in [1.82, 2.24) is 20.1 Å². The molecule has 7 nitrogen and oxygen atoms in total. The lowest BCUT2D eigenvalue weighted by Crippen LogP contribution is -2.47. The minimum Gasteiger partial charge on any atom is -0.481 e. The number of carboxylic acid groups (broad SMARTS) is 1. The number of aromatic nitrogens is 3. The Morgan fingerprint density at radius 2 is 2.47 bits per heavy atom. The number of carbonyl (C=O) groups excluding carboxylic acids is 1. The van der Waals surface area contributed by atoms with Crippen LogP contribution in [0.25, 0.3) is 0 Å². The Morgan fingerprint density at radius 3 is 3.12 bits per heavy atom. The van der Waals surface area contributed by atoms with Gasteiger partial charge in [0.2, 0.25) is 5.82 Å². The number of nitrogens with one attached hydrogen (secondary N) is 1. The molecule has 8 heteroatoms. The van der Waals surface area contributed by atoms with Crippen molar-refractivity contribution in [1.29, 1.82) is 0 Å². The molecule has 0 spiro atoms. The Labute approximate surface area is 102 Å². The van der Waals surface area contributed by atoms with Crippen LogP contribution in [-0.4, -0.2) is 61.2 Å². The molecule has 1 aliphatic heterocycles. The van der Waals surface area contributed by atoms with Gasteiger partial charge in [-0.05, 0) is 0 Å². The molecule has 2 rings (SSSR count). The van der Waals surface area contributed by atoms with Crippen molar-refractivity contribution < 1.29 is 14.7 Å². The van der Waals surface area contributed by atoms with Crippen molar-refractivity contribution in [2.45, 2.75) is 12.5 Å². The number of rotatable bonds is 3. The number of hydrogen-bond acceptors (Lipinski definition) is 5. The van der Waals surface area contributed by atoms with E-state index in [0.29, 0.717) is 12.3 Å². The molecule has 0 bridgehead atoms. The number of aliphatic carboxylic acids is 1. The summed E-state index contributed by atoms with van der Waals surface area (Å²) in [7, 11) is 0. The van der Waals surface area contributed by atoms with Gasteiger partial charge in [-0.15, -0.1) is 0 Å². The minimum atomic E-state index is -0.895. The first kappa shape index (κ1) is 11.9. The van der Waals surface area contributed by atoms with Crippen molar-refractivity contribution in [3.8, 4) is 0 Å². The van der Waals surface area contributed by atoms with Gasteiger partial charge in [-0.1, -0.05) is 0 Å². The zero-order chi connectivity index (χ0) is 12.3. The van der Waals surface area contributed by atoms with Crippen molar-refractivity contribution in [3.05, 3.63) is 12.2 Å². The van der Waals surface area contributed by atoms with E-state index < -0.39 is 5.97 Å². The van der Waals surface area contributed by atoms with E-state index in [9.17, 15) is 9.59 Å². The molecule has 92 valence electrons. The average molecular weight is 256 g/mol. The lowest BCUT2D eigenvalue weighted by Gasteiger charge is -2.33. The fourth-order valence-corrected chi connectivity index (χ4v) is 2.80. The molecule has 0 saturated carbocycles. The van der Waals surface area contributed by atoms with Gasteiger partial charge in [0, 0.05) is 18.1 Å². The van der Waals surface area contributed by atoms with Gasteiger partial charge in [0.15, 0.2) is 0 Å². The summed E-state index contributed by atoms with van der Waals surface area (Å²) in [5, 5.41) is 14.9. The molecule has 0 aliphatic carbocycles. The van der Waals surface area contributed by atoms with Crippen LogP contribution in [0.2, 0.25) is 0 Å². The van der Waals surface area contributed by atoms with Crippen LogP contribution in [-0.2, 0) is 4.79 Å². The molecule has 0 radical (unpaired) electrons. The number of nitrogens with zero attached hydrogens (tertiary/aromatic N) is 3. The van der Waals surface area contributed by atoms with Gasteiger partial charge < -0.3 is 10.0 Å². The first-order valence-electron chi connectivity index (χ1n) is 5.14. The van der Waals surface area contributed by atoms with Crippen molar-refractivity contribution >= 4 is 23.6 Å². The number of carboxylic acids is 1. The average Bonchev–Trinajstić information content (AvgIpc) is 2.81. The number of carbonyl (C=O) groups is 2. The molecule has 2 heterocycles. The van der Waals surface area contributed by atoms with Gasteiger partial charge in [-0.3, -0.25) is 14.7 Å². The molecule has 1 saturated heterocycles. The third kappa shape index (κ3) is 2.76. The van der Waals surface area contributed by atoms with Gasteiger partial charge in [-0.2, -0.15) is 16.9 Å². The van der Waals surface area contributed by atoms with E-state index in [2.05, 4.69) is 15.2 Å². The maximum atomic E-state index is 12.0. The molecule has 1 unspecified atom stereocenters. The molecule has 1 atom stereocenters. The number of hydrogen-bond donors (Lipinski definition) is 2. The topological polar surface area (TPSA) is 99.2 Å². The van der Waals surface area contributed by atoms with Gasteiger partial charge in [0.1, 0.15) is 6.33 Å². The van der Waals surface area contributed by atoms with E-state index in [1.54, 1.807) is 16.7 Å². The maximum Gasteiger partial charge on any atom is 0.305 e. The fourth-order valence-electron chi connectivity index (χ4n) is 1.74. The summed E-state index contributed by atoms with van der Waals surface area (Å²) >= 11 is 1.66. The Bertz CT molecular complexity index is 408. The lowest BCUT2D eigenvalue weighted by molar-refractivity contribution is -0.138. The fraction of sp³-hybridized carbons (Fsp3) is 0.556. The van der Waals surface area contributed by atoms with E-state index in [4.69, 9.17) is 5.11 Å². The van der Waals surface area contributed by atoms with E-state index >= 15 is 0 Å². The van der Waals surface area contributed by atoms with Crippen LogP contribution in [0.15, 0.2) is 6.33 Å². The van der Waals surface area contributed by atoms with Gasteiger partial charge in [0.05, 0.1) is 12.5 Å². The summed E-state index contributed by atoms with van der Waals surface area (Å²) in [6, 6.07) is -0.274. The van der Waals surface area contributed by atoms with Gasteiger partial charge in [0.25, 0.3) is 5.91 Å². The molecule has 1 amide bonds. The SMILES string of the molecule is O=C(O)CC1CSCCN1C(=O)c1ncn[nH]1. The molecule has 2 N–H and O–H groups in total. The molecule has 1 fully saturated rings. The number of aromatic amines is 1. The van der Waals surface area contributed by atoms with Crippen LogP contribution in [0.1, 0.15) is 17.0 Å². The van der Waals surface area contributed by atoms with E-state index in [1.165, 1.54) is 6.33 Å². The van der Waals surface area contributed by atoms with Gasteiger partial charge >= 0.3 is 5.97 Å². The summed E-state index contributed by atoms with van der Waals surface area (Å²) in [5.41, 5.74) is 0. The van der Waals surface area contributed by atoms with E-state index in [0.717, 1.165) is 5.75 Å². The van der Waals surface area contributed by atoms with E-state index in [1.807, 2.05) is 0 Å². The quantitative estimate of drug-likeness (QED) is 0.779. The highest BCUT2D eigenvalue weighted by Crippen LogP contribution is 2.20. The van der Waals surface area contributed by atoms with Crippen molar-refractivity contribution in [2.75, 3.05) is 18.1 Å². The largest absolute Gasteiger partial charge is 0.481 e. The first-order valence-corrected chi connectivity index (χ1v) is 6.30. The molecule has 1 aromatic heterocycles.